The third-order valence-electron chi connectivity index (χ3n) is 2.73. The van der Waals surface area contributed by atoms with Gasteiger partial charge in [0.05, 0.1) is 17.8 Å². The van der Waals surface area contributed by atoms with Crippen LogP contribution in [-0.4, -0.2) is 46.3 Å². The van der Waals surface area contributed by atoms with E-state index >= 15 is 0 Å². The van der Waals surface area contributed by atoms with E-state index < -0.39 is 23.9 Å². The minimum atomic E-state index is -0.971. The van der Waals surface area contributed by atoms with Crippen LogP contribution in [0.4, 0.5) is 4.39 Å². The Balaban J connectivity index is 2.23. The second kappa shape index (κ2) is 4.64. The lowest BCUT2D eigenvalue weighted by Crippen LogP contribution is -2.30. The molecule has 17 heavy (non-hydrogen) atoms. The first kappa shape index (κ1) is 12.3. The van der Waals surface area contributed by atoms with Crippen LogP contribution < -0.4 is 0 Å². The van der Waals surface area contributed by atoms with Crippen LogP contribution in [0.3, 0.4) is 0 Å². The Morgan fingerprint density at radius 2 is 1.94 bits per heavy atom. The minimum Gasteiger partial charge on any atom is -0.388 e. The molecule has 0 bridgehead atoms. The number of β-amino-alcohol motifs (C(OH)–C–C–N with tert-alkyl or cyclic N) is 2. The summed E-state index contributed by atoms with van der Waals surface area (Å²) in [5.74, 6) is -1.18. The topological polar surface area (TPSA) is 60.8 Å². The van der Waals surface area contributed by atoms with Crippen molar-refractivity contribution < 1.29 is 19.4 Å². The highest BCUT2D eigenvalue weighted by atomic mass is 32.1. The molecule has 0 spiro atoms. The Labute approximate surface area is 103 Å². The van der Waals surface area contributed by atoms with Crippen molar-refractivity contribution in [3.63, 3.8) is 0 Å². The predicted molar refractivity (Wildman–Crippen MR) is 61.6 cm³/mol. The van der Waals surface area contributed by atoms with Crippen molar-refractivity contribution in [3.8, 4) is 0 Å². The summed E-state index contributed by atoms with van der Waals surface area (Å²) in [6.45, 7) is 0.0203. The van der Waals surface area contributed by atoms with Crippen molar-refractivity contribution in [2.45, 2.75) is 17.1 Å². The normalized spacial score (nSPS) is 24.1. The molecule has 2 rings (SSSR count). The number of benzene rings is 1. The van der Waals surface area contributed by atoms with Gasteiger partial charge in [0, 0.05) is 18.0 Å². The number of thiol groups is 1. The lowest BCUT2D eigenvalue weighted by Gasteiger charge is -2.15. The van der Waals surface area contributed by atoms with Crippen LogP contribution >= 0.6 is 12.6 Å². The Morgan fingerprint density at radius 1 is 1.35 bits per heavy atom. The molecular weight excluding hydrogens is 245 g/mol. The Kier molecular flexibility index (Phi) is 3.37. The van der Waals surface area contributed by atoms with Crippen LogP contribution in [0.2, 0.25) is 0 Å². The summed E-state index contributed by atoms with van der Waals surface area (Å²) in [6, 6.07) is 3.94. The fourth-order valence-corrected chi connectivity index (χ4v) is 1.99. The standard InChI is InChI=1S/C11H12FNO3S/c12-8-2-1-6(17)3-7(8)11(16)13-4-9(14)10(15)5-13/h1-3,9-10,14-15,17H,4-5H2. The van der Waals surface area contributed by atoms with Crippen molar-refractivity contribution in [2.75, 3.05) is 13.1 Å². The number of hydrogen-bond acceptors (Lipinski definition) is 4. The molecule has 2 N–H and O–H groups in total. The number of hydrogen-bond donors (Lipinski definition) is 3. The number of carbonyl (C=O) groups excluding carboxylic acids is 1. The van der Waals surface area contributed by atoms with E-state index in [4.69, 9.17) is 0 Å². The van der Waals surface area contributed by atoms with Gasteiger partial charge in [0.2, 0.25) is 0 Å². The number of carbonyl (C=O) groups is 1. The maximum absolute atomic E-state index is 13.5. The Morgan fingerprint density at radius 3 is 2.53 bits per heavy atom. The van der Waals surface area contributed by atoms with Gasteiger partial charge < -0.3 is 15.1 Å². The van der Waals surface area contributed by atoms with E-state index in [1.165, 1.54) is 23.1 Å². The van der Waals surface area contributed by atoms with Gasteiger partial charge in [0.1, 0.15) is 5.82 Å². The molecule has 1 aromatic carbocycles. The summed E-state index contributed by atoms with van der Waals surface area (Å²) in [4.78, 5) is 13.6. The van der Waals surface area contributed by atoms with Crippen molar-refractivity contribution in [1.82, 2.24) is 4.90 Å². The van der Waals surface area contributed by atoms with E-state index in [2.05, 4.69) is 12.6 Å². The van der Waals surface area contributed by atoms with Crippen LogP contribution in [0.5, 0.6) is 0 Å². The summed E-state index contributed by atoms with van der Waals surface area (Å²) in [5.41, 5.74) is -0.0983. The van der Waals surface area contributed by atoms with Crippen LogP contribution in [0, 0.1) is 5.82 Å². The first-order valence-electron chi connectivity index (χ1n) is 5.13. The highest BCUT2D eigenvalue weighted by molar-refractivity contribution is 7.80. The average Bonchev–Trinajstić information content (AvgIpc) is 2.62. The summed E-state index contributed by atoms with van der Waals surface area (Å²) in [6.07, 6.45) is -1.94. The fraction of sp³-hybridized carbons (Fsp3) is 0.364. The first-order valence-corrected chi connectivity index (χ1v) is 5.57. The summed E-state index contributed by atoms with van der Waals surface area (Å²) in [5, 5.41) is 18.7. The minimum absolute atomic E-state index is 0.0102. The van der Waals surface area contributed by atoms with Crippen molar-refractivity contribution in [3.05, 3.63) is 29.6 Å². The summed E-state index contributed by atoms with van der Waals surface area (Å²) in [7, 11) is 0. The summed E-state index contributed by atoms with van der Waals surface area (Å²) < 4.78 is 13.5. The monoisotopic (exact) mass is 257 g/mol. The van der Waals surface area contributed by atoms with E-state index in [0.29, 0.717) is 4.90 Å². The van der Waals surface area contributed by atoms with Crippen LogP contribution in [-0.2, 0) is 0 Å². The van der Waals surface area contributed by atoms with Gasteiger partial charge in [-0.05, 0) is 18.2 Å². The number of likely N-dealkylation sites (tertiary alicyclic amines) is 1. The maximum atomic E-state index is 13.5. The number of aliphatic hydroxyl groups is 2. The van der Waals surface area contributed by atoms with Gasteiger partial charge in [-0.25, -0.2) is 4.39 Å². The molecule has 2 atom stereocenters. The number of halogens is 1. The zero-order chi connectivity index (χ0) is 12.6. The van der Waals surface area contributed by atoms with E-state index in [-0.39, 0.29) is 18.7 Å². The fourth-order valence-electron chi connectivity index (χ4n) is 1.78. The molecular formula is C11H12FNO3S. The second-order valence-electron chi connectivity index (χ2n) is 4.01. The second-order valence-corrected chi connectivity index (χ2v) is 4.53. The molecule has 92 valence electrons. The van der Waals surface area contributed by atoms with Crippen LogP contribution in [0.15, 0.2) is 23.1 Å². The Hall–Kier alpha value is -1.11. The number of nitrogens with zero attached hydrogens (tertiary/aromatic N) is 1. The van der Waals surface area contributed by atoms with Crippen molar-refractivity contribution in [1.29, 1.82) is 0 Å². The number of rotatable bonds is 1. The van der Waals surface area contributed by atoms with Gasteiger partial charge in [-0.3, -0.25) is 4.79 Å². The molecule has 1 aromatic rings. The molecule has 4 nitrogen and oxygen atoms in total. The van der Waals surface area contributed by atoms with Gasteiger partial charge in [0.25, 0.3) is 5.91 Å². The molecule has 1 aliphatic heterocycles. The zero-order valence-corrected chi connectivity index (χ0v) is 9.77. The lowest BCUT2D eigenvalue weighted by atomic mass is 10.2. The third kappa shape index (κ3) is 2.43. The zero-order valence-electron chi connectivity index (χ0n) is 8.88. The van der Waals surface area contributed by atoms with Crippen molar-refractivity contribution in [2.24, 2.45) is 0 Å². The quantitative estimate of drug-likeness (QED) is 0.634. The Bertz CT molecular complexity index is 444. The smallest absolute Gasteiger partial charge is 0.257 e. The molecule has 0 radical (unpaired) electrons. The average molecular weight is 257 g/mol. The largest absolute Gasteiger partial charge is 0.388 e. The predicted octanol–water partition coefficient (Wildman–Crippen LogP) is 0.292. The first-order chi connectivity index (χ1) is 7.99. The number of aliphatic hydroxyl groups excluding tert-OH is 2. The lowest BCUT2D eigenvalue weighted by molar-refractivity contribution is 0.0572. The maximum Gasteiger partial charge on any atom is 0.257 e. The van der Waals surface area contributed by atoms with Gasteiger partial charge in [-0.1, -0.05) is 0 Å². The molecule has 1 saturated heterocycles. The van der Waals surface area contributed by atoms with E-state index in [9.17, 15) is 19.4 Å². The van der Waals surface area contributed by atoms with E-state index in [0.717, 1.165) is 0 Å². The SMILES string of the molecule is O=C(c1cc(S)ccc1F)N1CC(O)C(O)C1. The molecule has 0 aliphatic carbocycles. The molecule has 1 heterocycles. The summed E-state index contributed by atoms with van der Waals surface area (Å²) >= 11 is 4.04. The van der Waals surface area contributed by atoms with Gasteiger partial charge in [0.15, 0.2) is 0 Å². The highest BCUT2D eigenvalue weighted by Crippen LogP contribution is 2.19. The van der Waals surface area contributed by atoms with E-state index in [1.54, 1.807) is 0 Å². The van der Waals surface area contributed by atoms with Gasteiger partial charge in [-0.15, -0.1) is 12.6 Å². The third-order valence-corrected chi connectivity index (χ3v) is 3.00. The molecule has 1 amide bonds. The number of amides is 1. The molecule has 1 fully saturated rings. The van der Waals surface area contributed by atoms with Crippen LogP contribution in [0.25, 0.3) is 0 Å². The molecule has 6 heteroatoms. The van der Waals surface area contributed by atoms with Gasteiger partial charge in [-0.2, -0.15) is 0 Å². The molecule has 0 saturated carbocycles. The van der Waals surface area contributed by atoms with E-state index in [1.807, 2.05) is 0 Å². The van der Waals surface area contributed by atoms with Crippen molar-refractivity contribution >= 4 is 18.5 Å². The molecule has 0 aromatic heterocycles. The van der Waals surface area contributed by atoms with Crippen LogP contribution in [0.1, 0.15) is 10.4 Å². The van der Waals surface area contributed by atoms with Gasteiger partial charge >= 0.3 is 0 Å². The highest BCUT2D eigenvalue weighted by Gasteiger charge is 2.33. The molecule has 2 unspecified atom stereocenters. The molecule has 1 aliphatic rings.